The number of oxime groups is 2. The molecule has 2 aromatic heterocycles. The number of rotatable bonds is 12. The molecule has 0 bridgehead atoms. The smallest absolute Gasteiger partial charge is 0.169 e. The zero-order valence-corrected chi connectivity index (χ0v) is 25.8. The van der Waals surface area contributed by atoms with Crippen molar-refractivity contribution in [1.29, 1.82) is 0 Å². The molecule has 0 saturated heterocycles. The van der Waals surface area contributed by atoms with E-state index in [1.54, 1.807) is 12.4 Å². The van der Waals surface area contributed by atoms with Gasteiger partial charge in [-0.2, -0.15) is 0 Å². The third kappa shape index (κ3) is 7.60. The fourth-order valence-corrected chi connectivity index (χ4v) is 5.52. The maximum Gasteiger partial charge on any atom is 0.169 e. The van der Waals surface area contributed by atoms with Gasteiger partial charge in [0.2, 0.25) is 0 Å². The van der Waals surface area contributed by atoms with Crippen molar-refractivity contribution in [3.8, 4) is 0 Å². The van der Waals surface area contributed by atoms with Gasteiger partial charge in [0, 0.05) is 46.5 Å². The van der Waals surface area contributed by atoms with E-state index >= 15 is 0 Å². The second kappa shape index (κ2) is 14.4. The summed E-state index contributed by atoms with van der Waals surface area (Å²) in [6, 6.07) is 33.5. The molecule has 45 heavy (non-hydrogen) atoms. The van der Waals surface area contributed by atoms with Crippen molar-refractivity contribution < 1.29 is 18.8 Å². The van der Waals surface area contributed by atoms with Gasteiger partial charge in [0.05, 0.1) is 18.9 Å². The first kappa shape index (κ1) is 29.7. The Bertz CT molecular complexity index is 1810. The minimum Gasteiger partial charge on any atom is -0.391 e. The van der Waals surface area contributed by atoms with Crippen molar-refractivity contribution in [3.63, 3.8) is 0 Å². The van der Waals surface area contributed by atoms with E-state index in [-0.39, 0.29) is 0 Å². The van der Waals surface area contributed by atoms with Gasteiger partial charge in [0.15, 0.2) is 37.9 Å². The van der Waals surface area contributed by atoms with Gasteiger partial charge in [-0.25, -0.2) is 9.13 Å². The van der Waals surface area contributed by atoms with E-state index in [2.05, 4.69) is 155 Å². The van der Waals surface area contributed by atoms with Gasteiger partial charge in [-0.15, -0.1) is 0 Å². The Hall–Kier alpha value is -5.36. The maximum absolute atomic E-state index is 5.67. The third-order valence-corrected chi connectivity index (χ3v) is 8.19. The first-order valence-electron chi connectivity index (χ1n) is 15.4. The molecule has 0 saturated carbocycles. The summed E-state index contributed by atoms with van der Waals surface area (Å²) in [5.41, 5.74) is 6.77. The summed E-state index contributed by atoms with van der Waals surface area (Å²) in [4.78, 5) is 11.3. The molecule has 4 aromatic carbocycles. The molecular weight excluding hydrogens is 556 g/mol. The van der Waals surface area contributed by atoms with Gasteiger partial charge in [-0.05, 0) is 46.5 Å². The Morgan fingerprint density at radius 1 is 0.533 bits per heavy atom. The molecule has 0 fully saturated rings. The van der Waals surface area contributed by atoms with E-state index in [4.69, 9.17) is 9.68 Å². The molecule has 2 heterocycles. The Morgan fingerprint density at radius 2 is 0.956 bits per heavy atom. The highest BCUT2D eigenvalue weighted by Crippen LogP contribution is 2.24. The molecule has 0 aliphatic rings. The Morgan fingerprint density at radius 3 is 1.40 bits per heavy atom. The van der Waals surface area contributed by atoms with E-state index in [9.17, 15) is 0 Å². The van der Waals surface area contributed by atoms with E-state index in [0.29, 0.717) is 13.2 Å². The van der Waals surface area contributed by atoms with Crippen molar-refractivity contribution >= 4 is 34.0 Å². The third-order valence-electron chi connectivity index (χ3n) is 8.19. The fraction of sp³-hybridized carbons (Fsp3) is 0.179. The second-order valence-electron chi connectivity index (χ2n) is 11.3. The van der Waals surface area contributed by atoms with Gasteiger partial charge >= 0.3 is 0 Å². The van der Waals surface area contributed by atoms with Gasteiger partial charge in [0.1, 0.15) is 13.2 Å². The molecule has 6 aromatic rings. The lowest BCUT2D eigenvalue weighted by Crippen LogP contribution is -2.38. The number of benzene rings is 4. The Balaban J connectivity index is 0.932. The predicted octanol–water partition coefficient (Wildman–Crippen LogP) is 7.38. The Labute approximate surface area is 264 Å². The predicted molar refractivity (Wildman–Crippen MR) is 180 cm³/mol. The fourth-order valence-electron chi connectivity index (χ4n) is 5.52. The minimum absolute atomic E-state index is 0.446. The van der Waals surface area contributed by atoms with Gasteiger partial charge in [0.25, 0.3) is 0 Å². The summed E-state index contributed by atoms with van der Waals surface area (Å²) in [5, 5.41) is 13.3. The van der Waals surface area contributed by atoms with Crippen molar-refractivity contribution in [2.75, 3.05) is 0 Å². The molecule has 0 N–H and O–H groups in total. The van der Waals surface area contributed by atoms with Crippen LogP contribution in [-0.2, 0) is 36.0 Å². The van der Waals surface area contributed by atoms with Crippen molar-refractivity contribution in [2.45, 2.75) is 46.6 Å². The monoisotopic (exact) mass is 594 g/mol. The van der Waals surface area contributed by atoms with Gasteiger partial charge in [-0.3, -0.25) is 0 Å². The molecule has 0 aliphatic heterocycles. The van der Waals surface area contributed by atoms with Crippen LogP contribution in [0.15, 0.2) is 132 Å². The number of hydrogen-bond acceptors (Lipinski definition) is 4. The first-order valence-corrected chi connectivity index (χ1v) is 15.4. The summed E-state index contributed by atoms with van der Waals surface area (Å²) in [7, 11) is 0. The number of aromatic nitrogens is 2. The van der Waals surface area contributed by atoms with Crippen LogP contribution >= 0.6 is 0 Å². The quantitative estimate of drug-likeness (QED) is 0.0844. The summed E-state index contributed by atoms with van der Waals surface area (Å²) >= 11 is 0. The average molecular weight is 595 g/mol. The number of pyridine rings is 2. The molecule has 0 unspecified atom stereocenters. The van der Waals surface area contributed by atoms with Crippen LogP contribution in [0.5, 0.6) is 0 Å². The van der Waals surface area contributed by atoms with Gasteiger partial charge in [-0.1, -0.05) is 83.1 Å². The maximum atomic E-state index is 5.67. The number of fused-ring (bicyclic) bond motifs is 2. The molecule has 0 aliphatic carbocycles. The normalized spacial score (nSPS) is 11.6. The van der Waals surface area contributed by atoms with Crippen LogP contribution in [-0.4, -0.2) is 12.4 Å². The molecule has 6 nitrogen and oxygen atoms in total. The van der Waals surface area contributed by atoms with E-state index < -0.39 is 0 Å². The Kier molecular flexibility index (Phi) is 9.51. The van der Waals surface area contributed by atoms with E-state index in [1.165, 1.54) is 43.8 Å². The lowest BCUT2D eigenvalue weighted by atomic mass is 10.0. The molecule has 0 atom stereocenters. The first-order chi connectivity index (χ1) is 22.1. The van der Waals surface area contributed by atoms with E-state index in [0.717, 1.165) is 30.6 Å². The molecule has 6 heteroatoms. The zero-order chi connectivity index (χ0) is 30.8. The number of aryl methyl sites for hydroxylation is 4. The van der Waals surface area contributed by atoms with Crippen LogP contribution in [0.3, 0.4) is 0 Å². The standard InChI is InChI=1S/C39H38N4O2/c1-30-12-14-34-8-3-5-10-36(34)38(30)28-44-40-26-32-16-22-42(23-17-32)20-7-21-43-24-18-33(19-25-43)27-41-45-29-39-31(2)13-15-35-9-4-6-11-37(35)39/h3-6,8-19,22-27H,7,20-21,28-29H2,1-2H3/q+2/b40-26+,41-27+. The highest BCUT2D eigenvalue weighted by atomic mass is 16.6. The summed E-state index contributed by atoms with van der Waals surface area (Å²) in [6.45, 7) is 6.96. The SMILES string of the molecule is Cc1ccc2ccccc2c1CO/N=C/c1cc[n+](CCC[n+]2ccc(/C=N/OCc3c(C)ccc4ccccc34)cc2)cc1. The highest BCUT2D eigenvalue weighted by molar-refractivity contribution is 5.87. The van der Waals surface area contributed by atoms with Crippen molar-refractivity contribution in [2.24, 2.45) is 10.3 Å². The topological polar surface area (TPSA) is 50.9 Å². The average Bonchev–Trinajstić information content (AvgIpc) is 3.08. The molecular formula is C39H38N4O2+2. The summed E-state index contributed by atoms with van der Waals surface area (Å²) in [5.74, 6) is 0. The summed E-state index contributed by atoms with van der Waals surface area (Å²) < 4.78 is 4.38. The van der Waals surface area contributed by atoms with Crippen LogP contribution < -0.4 is 9.13 Å². The van der Waals surface area contributed by atoms with Crippen LogP contribution in [0.4, 0.5) is 0 Å². The lowest BCUT2D eigenvalue weighted by Gasteiger charge is -2.09. The molecule has 0 spiro atoms. The largest absolute Gasteiger partial charge is 0.391 e. The van der Waals surface area contributed by atoms with Crippen LogP contribution in [0, 0.1) is 13.8 Å². The van der Waals surface area contributed by atoms with Crippen LogP contribution in [0.25, 0.3) is 21.5 Å². The van der Waals surface area contributed by atoms with Gasteiger partial charge < -0.3 is 9.68 Å². The molecule has 0 amide bonds. The second-order valence-corrected chi connectivity index (χ2v) is 11.3. The van der Waals surface area contributed by atoms with Crippen molar-refractivity contribution in [1.82, 2.24) is 0 Å². The number of hydrogen-bond donors (Lipinski definition) is 0. The van der Waals surface area contributed by atoms with Crippen LogP contribution in [0.2, 0.25) is 0 Å². The lowest BCUT2D eigenvalue weighted by molar-refractivity contribution is -0.726. The minimum atomic E-state index is 0.446. The molecule has 224 valence electrons. The highest BCUT2D eigenvalue weighted by Gasteiger charge is 2.08. The zero-order valence-electron chi connectivity index (χ0n) is 25.8. The van der Waals surface area contributed by atoms with Crippen LogP contribution in [0.1, 0.15) is 39.8 Å². The summed E-state index contributed by atoms with van der Waals surface area (Å²) in [6.07, 6.45) is 12.9. The molecule has 0 radical (unpaired) electrons. The van der Waals surface area contributed by atoms with E-state index in [1.807, 2.05) is 0 Å². The number of nitrogens with zero attached hydrogens (tertiary/aromatic N) is 4. The molecule has 6 rings (SSSR count). The van der Waals surface area contributed by atoms with Crippen molar-refractivity contribution in [3.05, 3.63) is 155 Å².